The van der Waals surface area contributed by atoms with Crippen molar-refractivity contribution in [2.24, 2.45) is 0 Å². The summed E-state index contributed by atoms with van der Waals surface area (Å²) in [4.78, 5) is 0. The molecule has 0 atom stereocenters. The molecule has 114 valence electrons. The molecular formula is C17H19Cl2FO. The number of rotatable bonds is 4. The Bertz CT molecular complexity index is 565. The molecule has 0 aliphatic rings. The van der Waals surface area contributed by atoms with Gasteiger partial charge in [-0.25, -0.2) is 4.39 Å². The van der Waals surface area contributed by atoms with E-state index in [2.05, 4.69) is 0 Å². The molecular weight excluding hydrogens is 310 g/mol. The zero-order valence-corrected chi connectivity index (χ0v) is 13.9. The molecule has 0 aromatic heterocycles. The van der Waals surface area contributed by atoms with Crippen LogP contribution in [-0.4, -0.2) is 0 Å². The minimum absolute atomic E-state index is 0.0767. The van der Waals surface area contributed by atoms with Crippen molar-refractivity contribution in [3.63, 3.8) is 0 Å². The number of hydrogen-bond donors (Lipinski definition) is 0. The lowest BCUT2D eigenvalue weighted by Gasteiger charge is -2.10. The van der Waals surface area contributed by atoms with E-state index in [9.17, 15) is 4.39 Å². The van der Waals surface area contributed by atoms with E-state index in [1.165, 1.54) is 6.07 Å². The minimum Gasteiger partial charge on any atom is -0.489 e. The molecule has 4 heteroatoms. The lowest BCUT2D eigenvalue weighted by Crippen LogP contribution is -1.99. The van der Waals surface area contributed by atoms with Crippen LogP contribution in [0.1, 0.15) is 31.9 Å². The molecule has 1 nitrogen and oxygen atoms in total. The van der Waals surface area contributed by atoms with E-state index >= 15 is 0 Å². The summed E-state index contributed by atoms with van der Waals surface area (Å²) in [6.45, 7) is 6.11. The summed E-state index contributed by atoms with van der Waals surface area (Å²) >= 11 is 12.0. The van der Waals surface area contributed by atoms with Gasteiger partial charge in [0.2, 0.25) is 0 Å². The van der Waals surface area contributed by atoms with Gasteiger partial charge < -0.3 is 4.74 Å². The van der Waals surface area contributed by atoms with E-state index in [0.717, 1.165) is 12.0 Å². The van der Waals surface area contributed by atoms with Crippen molar-refractivity contribution in [3.8, 4) is 5.75 Å². The van der Waals surface area contributed by atoms with Crippen molar-refractivity contribution in [2.75, 3.05) is 0 Å². The quantitative estimate of drug-likeness (QED) is 0.639. The van der Waals surface area contributed by atoms with Gasteiger partial charge in [-0.3, -0.25) is 0 Å². The summed E-state index contributed by atoms with van der Waals surface area (Å²) in [5.41, 5.74) is 1.40. The Morgan fingerprint density at radius 1 is 1.05 bits per heavy atom. The first-order chi connectivity index (χ1) is 10.1. The molecule has 0 saturated heterocycles. The molecule has 21 heavy (non-hydrogen) atoms. The van der Waals surface area contributed by atoms with Crippen LogP contribution in [0.5, 0.6) is 5.75 Å². The zero-order chi connectivity index (χ0) is 15.8. The summed E-state index contributed by atoms with van der Waals surface area (Å²) in [5.74, 6) is 0.227. The molecule has 0 spiro atoms. The van der Waals surface area contributed by atoms with Crippen molar-refractivity contribution >= 4 is 23.2 Å². The van der Waals surface area contributed by atoms with Gasteiger partial charge in [-0.2, -0.15) is 0 Å². The molecule has 2 aromatic carbocycles. The van der Waals surface area contributed by atoms with Gasteiger partial charge in [-0.05, 0) is 36.2 Å². The van der Waals surface area contributed by atoms with E-state index in [0.29, 0.717) is 21.4 Å². The Hall–Kier alpha value is -1.25. The Morgan fingerprint density at radius 3 is 2.33 bits per heavy atom. The zero-order valence-electron chi connectivity index (χ0n) is 12.4. The minimum atomic E-state index is -0.372. The molecule has 0 bridgehead atoms. The fraction of sp³-hybridized carbons (Fsp3) is 0.294. The fourth-order valence-electron chi connectivity index (χ4n) is 1.73. The van der Waals surface area contributed by atoms with Gasteiger partial charge in [-0.15, -0.1) is 0 Å². The molecule has 0 heterocycles. The van der Waals surface area contributed by atoms with Crippen molar-refractivity contribution < 1.29 is 9.13 Å². The van der Waals surface area contributed by atoms with Gasteiger partial charge >= 0.3 is 0 Å². The lowest BCUT2D eigenvalue weighted by atomic mass is 10.1. The summed E-state index contributed by atoms with van der Waals surface area (Å²) < 4.78 is 19.1. The first-order valence-corrected chi connectivity index (χ1v) is 7.71. The topological polar surface area (TPSA) is 9.23 Å². The summed E-state index contributed by atoms with van der Waals surface area (Å²) in [6.07, 6.45) is 0.859. The molecule has 2 rings (SSSR count). The van der Waals surface area contributed by atoms with E-state index in [1.54, 1.807) is 18.2 Å². The molecule has 0 N–H and O–H groups in total. The van der Waals surface area contributed by atoms with Crippen molar-refractivity contribution in [1.82, 2.24) is 0 Å². The van der Waals surface area contributed by atoms with Crippen LogP contribution < -0.4 is 4.74 Å². The van der Waals surface area contributed by atoms with Crippen molar-refractivity contribution in [3.05, 3.63) is 63.4 Å². The van der Waals surface area contributed by atoms with Crippen LogP contribution in [0, 0.1) is 5.82 Å². The number of benzene rings is 2. The van der Waals surface area contributed by atoms with Gasteiger partial charge in [0.15, 0.2) is 0 Å². The van der Waals surface area contributed by atoms with Crippen molar-refractivity contribution in [2.45, 2.75) is 33.8 Å². The first-order valence-electron chi connectivity index (χ1n) is 6.96. The van der Waals surface area contributed by atoms with E-state index in [1.807, 2.05) is 32.9 Å². The van der Waals surface area contributed by atoms with Gasteiger partial charge in [0.25, 0.3) is 0 Å². The van der Waals surface area contributed by atoms with Crippen molar-refractivity contribution in [1.29, 1.82) is 0 Å². The number of ether oxygens (including phenoxy) is 1. The number of aryl methyl sites for hydroxylation is 1. The predicted octanol–water partition coefficient (Wildman–Crippen LogP) is 6.30. The summed E-state index contributed by atoms with van der Waals surface area (Å²) in [6, 6.07) is 10.0. The summed E-state index contributed by atoms with van der Waals surface area (Å²) in [7, 11) is 0. The van der Waals surface area contributed by atoms with Crippen LogP contribution in [0.25, 0.3) is 0 Å². The van der Waals surface area contributed by atoms with Gasteiger partial charge in [-0.1, -0.05) is 56.1 Å². The Kier molecular flexibility index (Phi) is 7.55. The second-order valence-corrected chi connectivity index (χ2v) is 4.91. The van der Waals surface area contributed by atoms with Gasteiger partial charge in [0.1, 0.15) is 18.2 Å². The average Bonchev–Trinajstić information content (AvgIpc) is 2.49. The second kappa shape index (κ2) is 8.91. The fourth-order valence-corrected chi connectivity index (χ4v) is 2.25. The highest BCUT2D eigenvalue weighted by Crippen LogP contribution is 2.25. The third kappa shape index (κ3) is 4.90. The smallest absolute Gasteiger partial charge is 0.131 e. The maximum Gasteiger partial charge on any atom is 0.131 e. The third-order valence-electron chi connectivity index (χ3n) is 2.85. The van der Waals surface area contributed by atoms with E-state index in [-0.39, 0.29) is 12.4 Å². The monoisotopic (exact) mass is 328 g/mol. The third-order valence-corrected chi connectivity index (χ3v) is 3.56. The maximum atomic E-state index is 13.6. The highest BCUT2D eigenvalue weighted by atomic mass is 35.5. The molecule has 0 radical (unpaired) electrons. The highest BCUT2D eigenvalue weighted by Gasteiger charge is 2.08. The van der Waals surface area contributed by atoms with E-state index < -0.39 is 0 Å². The molecule has 0 aliphatic heterocycles. The molecule has 0 amide bonds. The van der Waals surface area contributed by atoms with E-state index in [4.69, 9.17) is 27.9 Å². The van der Waals surface area contributed by atoms with Crippen LogP contribution >= 0.6 is 23.2 Å². The molecule has 0 aliphatic carbocycles. The maximum absolute atomic E-state index is 13.6. The van der Waals surface area contributed by atoms with Gasteiger partial charge in [0.05, 0.1) is 5.02 Å². The Labute approximate surface area is 135 Å². The van der Waals surface area contributed by atoms with Gasteiger partial charge in [0, 0.05) is 10.6 Å². The Balaban J connectivity index is 0.00000106. The lowest BCUT2D eigenvalue weighted by molar-refractivity contribution is 0.300. The number of halogens is 3. The van der Waals surface area contributed by atoms with Crippen LogP contribution in [0.2, 0.25) is 10.0 Å². The van der Waals surface area contributed by atoms with Crippen LogP contribution in [0.15, 0.2) is 36.4 Å². The average molecular weight is 329 g/mol. The molecule has 0 unspecified atom stereocenters. The molecule has 0 fully saturated rings. The highest BCUT2D eigenvalue weighted by molar-refractivity contribution is 6.31. The van der Waals surface area contributed by atoms with Crippen LogP contribution in [-0.2, 0) is 13.0 Å². The largest absolute Gasteiger partial charge is 0.489 e. The predicted molar refractivity (Wildman–Crippen MR) is 87.9 cm³/mol. The summed E-state index contributed by atoms with van der Waals surface area (Å²) in [5, 5.41) is 1.01. The number of hydrogen-bond acceptors (Lipinski definition) is 1. The Morgan fingerprint density at radius 2 is 1.76 bits per heavy atom. The van der Waals surface area contributed by atoms with Crippen LogP contribution in [0.3, 0.4) is 0 Å². The van der Waals surface area contributed by atoms with Crippen LogP contribution in [0.4, 0.5) is 4.39 Å². The molecule has 2 aromatic rings. The SMILES string of the molecule is CC.CCc1ccc(OCc2c(F)cccc2Cl)cc1Cl. The normalized spacial score (nSPS) is 9.81. The molecule has 0 saturated carbocycles. The second-order valence-electron chi connectivity index (χ2n) is 4.10. The standard InChI is InChI=1S/C15H13Cl2FO.C2H6/c1-2-10-6-7-11(8-14(10)17)19-9-12-13(16)4-3-5-15(12)18;1-2/h3-8H,2,9H2,1H3;1-2H3. The first kappa shape index (κ1) is 17.8.